The topological polar surface area (TPSA) is 20.3 Å². The second-order valence-electron chi connectivity index (χ2n) is 3.88. The van der Waals surface area contributed by atoms with Crippen LogP contribution in [-0.2, 0) is 4.79 Å². The zero-order chi connectivity index (χ0) is 10.0. The van der Waals surface area contributed by atoms with E-state index in [4.69, 9.17) is 0 Å². The summed E-state index contributed by atoms with van der Waals surface area (Å²) < 4.78 is 0. The Balaban J connectivity index is 2.31. The lowest BCUT2D eigenvalue weighted by Gasteiger charge is -2.35. The molecule has 74 valence electrons. The summed E-state index contributed by atoms with van der Waals surface area (Å²) in [6, 6.07) is 0. The number of hydrogen-bond donors (Lipinski definition) is 0. The SMILES string of the molecule is C=CCC12C=CC(=O)N1CCC=CC2. The fraction of sp³-hybridized carbons (Fsp3) is 0.417. The summed E-state index contributed by atoms with van der Waals surface area (Å²) in [6.45, 7) is 4.60. The molecule has 0 aromatic rings. The van der Waals surface area contributed by atoms with Crippen LogP contribution in [-0.4, -0.2) is 22.9 Å². The summed E-state index contributed by atoms with van der Waals surface area (Å²) in [7, 11) is 0. The second-order valence-corrected chi connectivity index (χ2v) is 3.88. The van der Waals surface area contributed by atoms with Gasteiger partial charge in [0.1, 0.15) is 0 Å². The van der Waals surface area contributed by atoms with Gasteiger partial charge in [0.15, 0.2) is 0 Å². The van der Waals surface area contributed by atoms with Crippen LogP contribution in [0.15, 0.2) is 37.0 Å². The van der Waals surface area contributed by atoms with Gasteiger partial charge in [-0.05, 0) is 19.3 Å². The molecule has 2 aliphatic rings. The second kappa shape index (κ2) is 3.45. The van der Waals surface area contributed by atoms with Crippen LogP contribution in [0.2, 0.25) is 0 Å². The smallest absolute Gasteiger partial charge is 0.247 e. The predicted octanol–water partition coefficient (Wildman–Crippen LogP) is 2.05. The van der Waals surface area contributed by atoms with Crippen LogP contribution in [0, 0.1) is 0 Å². The highest BCUT2D eigenvalue weighted by atomic mass is 16.2. The van der Waals surface area contributed by atoms with Gasteiger partial charge in [-0.3, -0.25) is 4.79 Å². The summed E-state index contributed by atoms with van der Waals surface area (Å²) in [5.41, 5.74) is -0.105. The minimum atomic E-state index is -0.105. The Bertz CT molecular complexity index is 316. The average Bonchev–Trinajstić information content (AvgIpc) is 2.39. The quantitative estimate of drug-likeness (QED) is 0.609. The van der Waals surface area contributed by atoms with Gasteiger partial charge in [0, 0.05) is 12.6 Å². The van der Waals surface area contributed by atoms with Crippen molar-refractivity contribution in [1.29, 1.82) is 0 Å². The molecule has 0 bridgehead atoms. The van der Waals surface area contributed by atoms with Crippen LogP contribution in [0.4, 0.5) is 0 Å². The lowest BCUT2D eigenvalue weighted by Crippen LogP contribution is -2.45. The zero-order valence-electron chi connectivity index (χ0n) is 8.28. The molecule has 0 saturated heterocycles. The van der Waals surface area contributed by atoms with Gasteiger partial charge in [-0.2, -0.15) is 0 Å². The number of carbonyl (C=O) groups excluding carboxylic acids is 1. The maximum atomic E-state index is 11.6. The molecule has 0 spiro atoms. The number of rotatable bonds is 2. The van der Waals surface area contributed by atoms with E-state index in [2.05, 4.69) is 18.7 Å². The normalized spacial score (nSPS) is 30.3. The van der Waals surface area contributed by atoms with E-state index < -0.39 is 0 Å². The first-order chi connectivity index (χ1) is 6.78. The van der Waals surface area contributed by atoms with E-state index >= 15 is 0 Å². The number of carbonyl (C=O) groups is 1. The molecule has 0 fully saturated rings. The first kappa shape index (κ1) is 9.25. The van der Waals surface area contributed by atoms with E-state index in [1.807, 2.05) is 17.1 Å². The van der Waals surface area contributed by atoms with E-state index in [-0.39, 0.29) is 11.4 Å². The molecule has 1 unspecified atom stereocenters. The van der Waals surface area contributed by atoms with Crippen molar-refractivity contribution in [2.45, 2.75) is 24.8 Å². The monoisotopic (exact) mass is 189 g/mol. The van der Waals surface area contributed by atoms with E-state index in [0.717, 1.165) is 25.8 Å². The largest absolute Gasteiger partial charge is 0.329 e. The van der Waals surface area contributed by atoms with Crippen molar-refractivity contribution in [2.75, 3.05) is 6.54 Å². The van der Waals surface area contributed by atoms with Gasteiger partial charge in [-0.15, -0.1) is 6.58 Å². The average molecular weight is 189 g/mol. The van der Waals surface area contributed by atoms with Crippen molar-refractivity contribution >= 4 is 5.91 Å². The molecule has 2 nitrogen and oxygen atoms in total. The third kappa shape index (κ3) is 1.31. The van der Waals surface area contributed by atoms with Gasteiger partial charge < -0.3 is 4.90 Å². The van der Waals surface area contributed by atoms with Crippen molar-refractivity contribution in [3.63, 3.8) is 0 Å². The van der Waals surface area contributed by atoms with Gasteiger partial charge in [0.25, 0.3) is 0 Å². The highest BCUT2D eigenvalue weighted by Crippen LogP contribution is 2.33. The molecular formula is C12H15NO. The molecule has 14 heavy (non-hydrogen) atoms. The molecule has 0 aromatic carbocycles. The summed E-state index contributed by atoms with van der Waals surface area (Å²) in [6.07, 6.45) is 12.7. The maximum Gasteiger partial charge on any atom is 0.247 e. The standard InChI is InChI=1S/C12H15NO/c1-2-7-12-8-4-3-5-10-13(12)11(14)6-9-12/h2-4,6,9H,1,5,7-8,10H2. The first-order valence-electron chi connectivity index (χ1n) is 5.05. The Labute approximate surface area is 84.6 Å². The summed E-state index contributed by atoms with van der Waals surface area (Å²) >= 11 is 0. The van der Waals surface area contributed by atoms with Crippen LogP contribution in [0.1, 0.15) is 19.3 Å². The Kier molecular flexibility index (Phi) is 2.28. The van der Waals surface area contributed by atoms with Crippen LogP contribution in [0.3, 0.4) is 0 Å². The Hall–Kier alpha value is -1.31. The van der Waals surface area contributed by atoms with Crippen molar-refractivity contribution < 1.29 is 4.79 Å². The Morgan fingerprint density at radius 3 is 3.21 bits per heavy atom. The van der Waals surface area contributed by atoms with Crippen LogP contribution in [0.25, 0.3) is 0 Å². The fourth-order valence-corrected chi connectivity index (χ4v) is 2.26. The number of nitrogens with zero attached hydrogens (tertiary/aromatic N) is 1. The molecule has 1 atom stereocenters. The molecule has 0 N–H and O–H groups in total. The first-order valence-corrected chi connectivity index (χ1v) is 5.05. The molecule has 1 amide bonds. The number of fused-ring (bicyclic) bond motifs is 1. The van der Waals surface area contributed by atoms with Crippen LogP contribution >= 0.6 is 0 Å². The minimum Gasteiger partial charge on any atom is -0.329 e. The molecule has 2 rings (SSSR count). The molecule has 0 aliphatic carbocycles. The Morgan fingerprint density at radius 2 is 2.43 bits per heavy atom. The lowest BCUT2D eigenvalue weighted by molar-refractivity contribution is -0.128. The molecule has 2 heteroatoms. The summed E-state index contributed by atoms with van der Waals surface area (Å²) in [4.78, 5) is 13.6. The van der Waals surface area contributed by atoms with Gasteiger partial charge in [-0.1, -0.05) is 24.3 Å². The highest BCUT2D eigenvalue weighted by molar-refractivity contribution is 5.91. The minimum absolute atomic E-state index is 0.105. The molecule has 0 radical (unpaired) electrons. The number of hydrogen-bond acceptors (Lipinski definition) is 1. The van der Waals surface area contributed by atoms with Crippen molar-refractivity contribution in [3.8, 4) is 0 Å². The summed E-state index contributed by atoms with van der Waals surface area (Å²) in [5, 5.41) is 0. The third-order valence-corrected chi connectivity index (χ3v) is 2.99. The maximum absolute atomic E-state index is 11.6. The van der Waals surface area contributed by atoms with Gasteiger partial charge in [0.05, 0.1) is 5.54 Å². The third-order valence-electron chi connectivity index (χ3n) is 2.99. The number of amides is 1. The molecule has 2 heterocycles. The van der Waals surface area contributed by atoms with E-state index in [9.17, 15) is 4.79 Å². The molecule has 0 saturated carbocycles. The van der Waals surface area contributed by atoms with E-state index in [1.54, 1.807) is 6.08 Å². The highest BCUT2D eigenvalue weighted by Gasteiger charge is 2.39. The van der Waals surface area contributed by atoms with E-state index in [1.165, 1.54) is 0 Å². The van der Waals surface area contributed by atoms with Gasteiger partial charge in [0.2, 0.25) is 5.91 Å². The van der Waals surface area contributed by atoms with Crippen molar-refractivity contribution in [2.24, 2.45) is 0 Å². The van der Waals surface area contributed by atoms with Crippen molar-refractivity contribution in [3.05, 3.63) is 37.0 Å². The summed E-state index contributed by atoms with van der Waals surface area (Å²) in [5.74, 6) is 0.149. The van der Waals surface area contributed by atoms with Crippen LogP contribution in [0.5, 0.6) is 0 Å². The predicted molar refractivity (Wildman–Crippen MR) is 56.8 cm³/mol. The molecule has 2 aliphatic heterocycles. The zero-order valence-corrected chi connectivity index (χ0v) is 8.28. The Morgan fingerprint density at radius 1 is 1.57 bits per heavy atom. The molecule has 0 aromatic heterocycles. The lowest BCUT2D eigenvalue weighted by atomic mass is 9.91. The van der Waals surface area contributed by atoms with Crippen molar-refractivity contribution in [1.82, 2.24) is 4.90 Å². The fourth-order valence-electron chi connectivity index (χ4n) is 2.26. The van der Waals surface area contributed by atoms with Gasteiger partial charge >= 0.3 is 0 Å². The van der Waals surface area contributed by atoms with Crippen LogP contribution < -0.4 is 0 Å². The van der Waals surface area contributed by atoms with Gasteiger partial charge in [-0.25, -0.2) is 0 Å². The van der Waals surface area contributed by atoms with E-state index in [0.29, 0.717) is 0 Å². The molecular weight excluding hydrogens is 174 g/mol.